The summed E-state index contributed by atoms with van der Waals surface area (Å²) in [5.74, 6) is -3.46. The molecule has 0 bridgehead atoms. The second-order valence-corrected chi connectivity index (χ2v) is 6.86. The van der Waals surface area contributed by atoms with Crippen LogP contribution in [0.1, 0.15) is 0 Å². The Bertz CT molecular complexity index is 812. The lowest BCUT2D eigenvalue weighted by Crippen LogP contribution is -2.16. The summed E-state index contributed by atoms with van der Waals surface area (Å²) >= 11 is 1.71. The van der Waals surface area contributed by atoms with Crippen LogP contribution in [0, 0.1) is 21.0 Å². The van der Waals surface area contributed by atoms with Gasteiger partial charge in [0.2, 0.25) is 0 Å². The lowest BCUT2D eigenvalue weighted by atomic mass is 10.3. The van der Waals surface area contributed by atoms with E-state index in [0.29, 0.717) is 6.07 Å². The summed E-state index contributed by atoms with van der Waals surface area (Å²) in [6, 6.07) is 4.79. The molecule has 3 N–H and O–H groups in total. The lowest BCUT2D eigenvalue weighted by Gasteiger charge is -2.11. The summed E-state index contributed by atoms with van der Waals surface area (Å²) < 4.78 is 66.4. The average Bonchev–Trinajstić information content (AvgIpc) is 2.37. The molecule has 0 heterocycles. The van der Waals surface area contributed by atoms with Gasteiger partial charge in [0.15, 0.2) is 11.6 Å². The molecule has 0 radical (unpaired) electrons. The van der Waals surface area contributed by atoms with E-state index >= 15 is 0 Å². The van der Waals surface area contributed by atoms with Crippen molar-refractivity contribution in [2.24, 2.45) is 0 Å². The fourth-order valence-electron chi connectivity index (χ4n) is 1.55. The first-order valence-corrected chi connectivity index (χ1v) is 7.99. The van der Waals surface area contributed by atoms with Gasteiger partial charge >= 0.3 is 0 Å². The van der Waals surface area contributed by atoms with Crippen LogP contribution < -0.4 is 10.5 Å². The number of anilines is 2. The summed E-state index contributed by atoms with van der Waals surface area (Å²) in [7, 11) is -4.40. The number of rotatable bonds is 3. The summed E-state index contributed by atoms with van der Waals surface area (Å²) in [4.78, 5) is -0.917. The first kappa shape index (κ1) is 15.9. The van der Waals surface area contributed by atoms with Gasteiger partial charge in [0.1, 0.15) is 10.7 Å². The van der Waals surface area contributed by atoms with E-state index in [2.05, 4.69) is 4.72 Å². The summed E-state index contributed by atoms with van der Waals surface area (Å²) in [6.07, 6.45) is 0. The van der Waals surface area contributed by atoms with Gasteiger partial charge in [-0.15, -0.1) is 0 Å². The van der Waals surface area contributed by atoms with Gasteiger partial charge in [0.05, 0.1) is 5.69 Å². The Morgan fingerprint density at radius 2 is 1.76 bits per heavy atom. The van der Waals surface area contributed by atoms with E-state index in [0.717, 1.165) is 18.2 Å². The molecule has 0 aliphatic carbocycles. The predicted octanol–water partition coefficient (Wildman–Crippen LogP) is 3.09. The molecule has 0 saturated heterocycles. The molecule has 2 rings (SSSR count). The smallest absolute Gasteiger partial charge is 0.265 e. The maximum Gasteiger partial charge on any atom is 0.265 e. The Morgan fingerprint density at radius 1 is 1.10 bits per heavy atom. The number of nitrogens with two attached hydrogens (primary N) is 1. The van der Waals surface area contributed by atoms with Gasteiger partial charge in [-0.05, 0) is 52.9 Å². The second kappa shape index (κ2) is 5.72. The van der Waals surface area contributed by atoms with Gasteiger partial charge < -0.3 is 5.73 Å². The Labute approximate surface area is 132 Å². The number of hydrogen-bond acceptors (Lipinski definition) is 3. The van der Waals surface area contributed by atoms with Gasteiger partial charge in [0.25, 0.3) is 10.0 Å². The number of nitrogen functional groups attached to an aromatic ring is 1. The molecule has 0 aliphatic heterocycles. The van der Waals surface area contributed by atoms with Crippen LogP contribution in [-0.2, 0) is 10.0 Å². The largest absolute Gasteiger partial charge is 0.399 e. The van der Waals surface area contributed by atoms with Gasteiger partial charge in [0, 0.05) is 9.26 Å². The fourth-order valence-corrected chi connectivity index (χ4v) is 3.55. The van der Waals surface area contributed by atoms with Crippen LogP contribution >= 0.6 is 22.6 Å². The topological polar surface area (TPSA) is 72.2 Å². The van der Waals surface area contributed by atoms with Crippen LogP contribution in [0.4, 0.5) is 24.5 Å². The average molecular weight is 428 g/mol. The van der Waals surface area contributed by atoms with Crippen LogP contribution in [0.5, 0.6) is 0 Å². The third kappa shape index (κ3) is 3.40. The first-order chi connectivity index (χ1) is 9.70. The molecule has 9 heteroatoms. The molecule has 112 valence electrons. The van der Waals surface area contributed by atoms with Crippen LogP contribution in [0.3, 0.4) is 0 Å². The number of benzene rings is 2. The van der Waals surface area contributed by atoms with Gasteiger partial charge in [-0.25, -0.2) is 21.6 Å². The molecule has 0 fully saturated rings. The molecule has 0 aromatic heterocycles. The van der Waals surface area contributed by atoms with Crippen molar-refractivity contribution < 1.29 is 21.6 Å². The molecule has 4 nitrogen and oxygen atoms in total. The van der Waals surface area contributed by atoms with Crippen molar-refractivity contribution in [2.75, 3.05) is 10.5 Å². The highest BCUT2D eigenvalue weighted by Gasteiger charge is 2.23. The fraction of sp³-hybridized carbons (Fsp3) is 0. The van der Waals surface area contributed by atoms with Crippen molar-refractivity contribution in [1.29, 1.82) is 0 Å². The number of sulfonamides is 1. The molecule has 0 unspecified atom stereocenters. The maximum atomic E-state index is 13.6. The van der Waals surface area contributed by atoms with Crippen LogP contribution in [0.15, 0.2) is 35.2 Å². The van der Waals surface area contributed by atoms with E-state index in [1.54, 1.807) is 22.6 Å². The minimum atomic E-state index is -4.40. The number of hydrogen-bond donors (Lipinski definition) is 2. The highest BCUT2D eigenvalue weighted by atomic mass is 127. The molecule has 0 saturated carbocycles. The van der Waals surface area contributed by atoms with Crippen molar-refractivity contribution in [3.05, 3.63) is 51.4 Å². The first-order valence-electron chi connectivity index (χ1n) is 5.43. The zero-order chi connectivity index (χ0) is 15.8. The van der Waals surface area contributed by atoms with Crippen molar-refractivity contribution in [2.45, 2.75) is 4.90 Å². The monoisotopic (exact) mass is 428 g/mol. The molecule has 2 aromatic rings. The maximum absolute atomic E-state index is 13.6. The van der Waals surface area contributed by atoms with Crippen LogP contribution in [0.25, 0.3) is 0 Å². The quantitative estimate of drug-likeness (QED) is 0.583. The van der Waals surface area contributed by atoms with E-state index < -0.39 is 32.4 Å². The number of nitrogens with one attached hydrogen (secondary N) is 1. The molecule has 0 spiro atoms. The van der Waals surface area contributed by atoms with Crippen LogP contribution in [0.2, 0.25) is 0 Å². The normalized spacial score (nSPS) is 11.4. The third-order valence-electron chi connectivity index (χ3n) is 2.48. The Kier molecular flexibility index (Phi) is 4.33. The molecule has 0 atom stereocenters. The highest BCUT2D eigenvalue weighted by molar-refractivity contribution is 14.1. The second-order valence-electron chi connectivity index (χ2n) is 4.04. The van der Waals surface area contributed by atoms with E-state index in [4.69, 9.17) is 5.73 Å². The van der Waals surface area contributed by atoms with Crippen molar-refractivity contribution in [3.8, 4) is 0 Å². The lowest BCUT2D eigenvalue weighted by molar-refractivity contribution is 0.486. The highest BCUT2D eigenvalue weighted by Crippen LogP contribution is 2.26. The van der Waals surface area contributed by atoms with Crippen LogP contribution in [-0.4, -0.2) is 8.42 Å². The summed E-state index contributed by atoms with van der Waals surface area (Å²) in [5.41, 5.74) is 5.13. The van der Waals surface area contributed by atoms with Gasteiger partial charge in [-0.2, -0.15) is 0 Å². The summed E-state index contributed by atoms with van der Waals surface area (Å²) in [6.45, 7) is 0. The van der Waals surface area contributed by atoms with Crippen molar-refractivity contribution in [3.63, 3.8) is 0 Å². The molecule has 0 aliphatic rings. The number of halogens is 4. The SMILES string of the molecule is Nc1cc(F)c(F)c(S(=O)(=O)Nc2ccc(F)cc2I)c1. The van der Waals surface area contributed by atoms with Gasteiger partial charge in [-0.3, -0.25) is 4.72 Å². The van der Waals surface area contributed by atoms with E-state index in [1.165, 1.54) is 6.07 Å². The Hall–Kier alpha value is -1.49. The molecule has 0 amide bonds. The Morgan fingerprint density at radius 3 is 2.38 bits per heavy atom. The third-order valence-corrected chi connectivity index (χ3v) is 4.74. The van der Waals surface area contributed by atoms with E-state index in [-0.39, 0.29) is 14.9 Å². The predicted molar refractivity (Wildman–Crippen MR) is 80.7 cm³/mol. The summed E-state index contributed by atoms with van der Waals surface area (Å²) in [5, 5.41) is 0. The van der Waals surface area contributed by atoms with Crippen molar-refractivity contribution >= 4 is 44.0 Å². The zero-order valence-electron chi connectivity index (χ0n) is 10.2. The minimum Gasteiger partial charge on any atom is -0.399 e. The molecular formula is C12H8F3IN2O2S. The molecular weight excluding hydrogens is 420 g/mol. The van der Waals surface area contributed by atoms with E-state index in [9.17, 15) is 21.6 Å². The molecule has 2 aromatic carbocycles. The van der Waals surface area contributed by atoms with Crippen molar-refractivity contribution in [1.82, 2.24) is 0 Å². The zero-order valence-corrected chi connectivity index (χ0v) is 13.2. The standard InChI is InChI=1S/C12H8F3IN2O2S/c13-6-1-2-10(9(16)3-6)18-21(19,20)11-5-7(17)4-8(14)12(11)15/h1-5,18H,17H2. The minimum absolute atomic E-state index is 0.0410. The van der Waals surface area contributed by atoms with E-state index in [1.807, 2.05) is 0 Å². The Balaban J connectivity index is 2.48. The molecule has 21 heavy (non-hydrogen) atoms. The van der Waals surface area contributed by atoms with Gasteiger partial charge in [-0.1, -0.05) is 0 Å².